The van der Waals surface area contributed by atoms with Crippen LogP contribution in [0.1, 0.15) is 13.3 Å². The number of benzene rings is 1. The van der Waals surface area contributed by atoms with Gasteiger partial charge in [0.2, 0.25) is 6.33 Å². The summed E-state index contributed by atoms with van der Waals surface area (Å²) in [5, 5.41) is 11.9. The van der Waals surface area contributed by atoms with E-state index >= 15 is 0 Å². The molecule has 102 valence electrons. The van der Waals surface area contributed by atoms with E-state index in [4.69, 9.17) is 5.11 Å². The lowest BCUT2D eigenvalue weighted by molar-refractivity contribution is -0.645. The number of nitrogens with one attached hydrogen (secondary N) is 1. The zero-order chi connectivity index (χ0) is 13.8. The molecule has 0 spiro atoms. The average Bonchev–Trinajstić information content (AvgIpc) is 2.73. The van der Waals surface area contributed by atoms with Gasteiger partial charge in [-0.3, -0.25) is 4.79 Å². The Morgan fingerprint density at radius 2 is 2.21 bits per heavy atom. The Hall–Kier alpha value is -1.88. The molecule has 0 bridgehead atoms. The van der Waals surface area contributed by atoms with Crippen molar-refractivity contribution in [3.05, 3.63) is 30.6 Å². The fourth-order valence-corrected chi connectivity index (χ4v) is 2.17. The van der Waals surface area contributed by atoms with Gasteiger partial charge in [0.05, 0.1) is 19.7 Å². The van der Waals surface area contributed by atoms with Crippen molar-refractivity contribution in [1.29, 1.82) is 0 Å². The van der Waals surface area contributed by atoms with Crippen molar-refractivity contribution >= 4 is 16.9 Å². The van der Waals surface area contributed by atoms with Crippen LogP contribution < -0.4 is 9.88 Å². The Bertz CT molecular complexity index is 573. The number of para-hydroxylation sites is 2. The molecule has 5 nitrogen and oxygen atoms in total. The van der Waals surface area contributed by atoms with Crippen molar-refractivity contribution < 1.29 is 14.5 Å². The summed E-state index contributed by atoms with van der Waals surface area (Å²) in [6.45, 7) is 2.17. The molecule has 1 amide bonds. The average molecular weight is 262 g/mol. The second kappa shape index (κ2) is 5.84. The summed E-state index contributed by atoms with van der Waals surface area (Å²) in [5.74, 6) is -0.0812. The molecule has 0 saturated heterocycles. The number of carbonyl (C=O) groups is 1. The third-order valence-electron chi connectivity index (χ3n) is 3.28. The van der Waals surface area contributed by atoms with Crippen LogP contribution in [-0.4, -0.2) is 28.2 Å². The van der Waals surface area contributed by atoms with Gasteiger partial charge >= 0.3 is 0 Å². The third kappa shape index (κ3) is 2.93. The molecule has 0 aliphatic heterocycles. The van der Waals surface area contributed by atoms with Crippen LogP contribution in [0.4, 0.5) is 0 Å². The van der Waals surface area contributed by atoms with Gasteiger partial charge in [-0.1, -0.05) is 19.1 Å². The van der Waals surface area contributed by atoms with Gasteiger partial charge in [0, 0.05) is 0 Å². The van der Waals surface area contributed by atoms with Gasteiger partial charge in [0.1, 0.15) is 0 Å². The van der Waals surface area contributed by atoms with Crippen LogP contribution in [-0.2, 0) is 18.4 Å². The first-order chi connectivity index (χ1) is 9.15. The summed E-state index contributed by atoms with van der Waals surface area (Å²) in [6.07, 6.45) is 2.63. The monoisotopic (exact) mass is 262 g/mol. The topological polar surface area (TPSA) is 58.1 Å². The van der Waals surface area contributed by atoms with Crippen LogP contribution in [0.3, 0.4) is 0 Å². The van der Waals surface area contributed by atoms with Crippen LogP contribution >= 0.6 is 0 Å². The first-order valence-corrected chi connectivity index (χ1v) is 6.49. The van der Waals surface area contributed by atoms with Gasteiger partial charge in [-0.05, 0) is 18.6 Å². The number of amides is 1. The van der Waals surface area contributed by atoms with Gasteiger partial charge < -0.3 is 10.4 Å². The molecule has 0 radical (unpaired) electrons. The maximum atomic E-state index is 11.9. The maximum absolute atomic E-state index is 11.9. The normalized spacial score (nSPS) is 12.6. The molecule has 1 aromatic carbocycles. The Morgan fingerprint density at radius 3 is 2.89 bits per heavy atom. The highest BCUT2D eigenvalue weighted by atomic mass is 16.3. The number of aliphatic hydroxyl groups is 1. The first-order valence-electron chi connectivity index (χ1n) is 6.49. The smallest absolute Gasteiger partial charge is 0.262 e. The van der Waals surface area contributed by atoms with E-state index in [1.165, 1.54) is 0 Å². The van der Waals surface area contributed by atoms with Crippen LogP contribution in [0, 0.1) is 0 Å². The van der Waals surface area contributed by atoms with Crippen molar-refractivity contribution in [3.63, 3.8) is 0 Å². The van der Waals surface area contributed by atoms with Crippen LogP contribution in [0.5, 0.6) is 0 Å². The standard InChI is InChI=1S/C14H19N3O2/c1-3-11(9-18)15-14(19)8-17-10-16(2)12-6-4-5-7-13(12)17/h4-7,10-11,18H,3,8-9H2,1-2H3/p+1/t11-/m0/s1. The number of nitrogens with zero attached hydrogens (tertiary/aromatic N) is 2. The second-order valence-corrected chi connectivity index (χ2v) is 4.70. The van der Waals surface area contributed by atoms with Gasteiger partial charge in [0.15, 0.2) is 17.6 Å². The van der Waals surface area contributed by atoms with Crippen molar-refractivity contribution in [2.24, 2.45) is 7.05 Å². The third-order valence-corrected chi connectivity index (χ3v) is 3.28. The number of rotatable bonds is 5. The number of hydrogen-bond donors (Lipinski definition) is 2. The minimum Gasteiger partial charge on any atom is -0.394 e. The number of hydrogen-bond acceptors (Lipinski definition) is 2. The molecule has 19 heavy (non-hydrogen) atoms. The summed E-state index contributed by atoms with van der Waals surface area (Å²) in [4.78, 5) is 11.9. The van der Waals surface area contributed by atoms with Crippen molar-refractivity contribution in [2.75, 3.05) is 6.61 Å². The summed E-state index contributed by atoms with van der Waals surface area (Å²) in [5.41, 5.74) is 2.11. The molecule has 1 atom stereocenters. The Kier molecular flexibility index (Phi) is 4.16. The number of aromatic nitrogens is 2. The number of aliphatic hydroxyl groups excluding tert-OH is 1. The summed E-state index contributed by atoms with van der Waals surface area (Å²) in [7, 11) is 1.96. The molecule has 0 aliphatic rings. The molecular weight excluding hydrogens is 242 g/mol. The highest BCUT2D eigenvalue weighted by Gasteiger charge is 2.17. The lowest BCUT2D eigenvalue weighted by atomic mass is 10.2. The molecule has 5 heteroatoms. The molecular formula is C14H20N3O2+. The largest absolute Gasteiger partial charge is 0.394 e. The van der Waals surface area contributed by atoms with E-state index in [9.17, 15) is 4.79 Å². The molecule has 2 aromatic rings. The number of imidazole rings is 1. The summed E-state index contributed by atoms with van der Waals surface area (Å²) < 4.78 is 3.90. The Labute approximate surface area is 112 Å². The zero-order valence-electron chi connectivity index (χ0n) is 11.3. The molecule has 1 heterocycles. The highest BCUT2D eigenvalue weighted by Crippen LogP contribution is 2.09. The minimum atomic E-state index is -0.164. The first kappa shape index (κ1) is 13.5. The molecule has 2 rings (SSSR count). The fraction of sp³-hybridized carbons (Fsp3) is 0.429. The number of fused-ring (bicyclic) bond motifs is 1. The predicted octanol–water partition coefficient (Wildman–Crippen LogP) is 0.353. The molecule has 0 fully saturated rings. The van der Waals surface area contributed by atoms with Crippen LogP contribution in [0.25, 0.3) is 11.0 Å². The number of aryl methyl sites for hydroxylation is 1. The fourth-order valence-electron chi connectivity index (χ4n) is 2.17. The molecule has 0 saturated carbocycles. The van der Waals surface area contributed by atoms with E-state index in [0.29, 0.717) is 0 Å². The molecule has 0 aliphatic carbocycles. The van der Waals surface area contributed by atoms with Crippen molar-refractivity contribution in [3.8, 4) is 0 Å². The van der Waals surface area contributed by atoms with Crippen LogP contribution in [0.2, 0.25) is 0 Å². The van der Waals surface area contributed by atoms with Crippen LogP contribution in [0.15, 0.2) is 30.6 Å². The van der Waals surface area contributed by atoms with E-state index in [-0.39, 0.29) is 25.1 Å². The van der Waals surface area contributed by atoms with Gasteiger partial charge in [-0.25, -0.2) is 9.13 Å². The highest BCUT2D eigenvalue weighted by molar-refractivity contribution is 5.79. The van der Waals surface area contributed by atoms with Crippen molar-refractivity contribution in [1.82, 2.24) is 9.88 Å². The molecule has 0 unspecified atom stereocenters. The second-order valence-electron chi connectivity index (χ2n) is 4.70. The summed E-state index contributed by atoms with van der Waals surface area (Å²) in [6, 6.07) is 7.78. The van der Waals surface area contributed by atoms with E-state index in [2.05, 4.69) is 5.32 Å². The quantitative estimate of drug-likeness (QED) is 0.764. The van der Waals surface area contributed by atoms with Crippen molar-refractivity contribution in [2.45, 2.75) is 25.9 Å². The van der Waals surface area contributed by atoms with Gasteiger partial charge in [0.25, 0.3) is 5.91 Å². The van der Waals surface area contributed by atoms with E-state index in [1.807, 2.05) is 53.7 Å². The van der Waals surface area contributed by atoms with Gasteiger partial charge in [-0.2, -0.15) is 0 Å². The predicted molar refractivity (Wildman–Crippen MR) is 72.4 cm³/mol. The number of carbonyl (C=O) groups excluding carboxylic acids is 1. The molecule has 1 aromatic heterocycles. The lowest BCUT2D eigenvalue weighted by Gasteiger charge is -2.12. The van der Waals surface area contributed by atoms with E-state index in [1.54, 1.807) is 0 Å². The lowest BCUT2D eigenvalue weighted by Crippen LogP contribution is -2.39. The molecule has 2 N–H and O–H groups in total. The minimum absolute atomic E-state index is 0.0254. The SMILES string of the molecule is CC[C@@H](CO)NC(=O)Cn1c[n+](C)c2ccccc21. The maximum Gasteiger partial charge on any atom is 0.262 e. The Morgan fingerprint density at radius 1 is 1.47 bits per heavy atom. The van der Waals surface area contributed by atoms with Gasteiger partial charge in [-0.15, -0.1) is 0 Å². The summed E-state index contributed by atoms with van der Waals surface area (Å²) >= 11 is 0. The van der Waals surface area contributed by atoms with E-state index in [0.717, 1.165) is 17.5 Å². The Balaban J connectivity index is 2.15. The zero-order valence-corrected chi connectivity index (χ0v) is 11.3. The van der Waals surface area contributed by atoms with E-state index < -0.39 is 0 Å².